The van der Waals surface area contributed by atoms with Crippen LogP contribution in [0.2, 0.25) is 0 Å². The standard InChI is InChI=1S/C23H22BrNO3/c1-27-21-12-19(23-18-8-7-17(26)11-16(18)9-10-25-23)20(24)13-22(21)28-14-15-5-3-2-4-6-15/h2-8,11-13,23,25-26H,9-10,14H2,1H3. The number of phenolic OH excluding ortho intramolecular Hbond substituents is 1. The third-order valence-corrected chi connectivity index (χ3v) is 5.70. The molecule has 0 radical (unpaired) electrons. The van der Waals surface area contributed by atoms with E-state index >= 15 is 0 Å². The van der Waals surface area contributed by atoms with Gasteiger partial charge in [-0.1, -0.05) is 52.3 Å². The summed E-state index contributed by atoms with van der Waals surface area (Å²) in [5, 5.41) is 13.4. The van der Waals surface area contributed by atoms with E-state index in [0.29, 0.717) is 23.9 Å². The van der Waals surface area contributed by atoms with Crippen molar-refractivity contribution in [2.24, 2.45) is 0 Å². The van der Waals surface area contributed by atoms with Crippen LogP contribution in [0.1, 0.15) is 28.3 Å². The van der Waals surface area contributed by atoms with Crippen molar-refractivity contribution in [3.8, 4) is 17.2 Å². The average Bonchev–Trinajstić information content (AvgIpc) is 2.72. The Morgan fingerprint density at radius 1 is 1.04 bits per heavy atom. The molecule has 144 valence electrons. The molecule has 0 spiro atoms. The zero-order valence-electron chi connectivity index (χ0n) is 15.6. The summed E-state index contributed by atoms with van der Waals surface area (Å²) < 4.78 is 12.6. The molecule has 0 aliphatic carbocycles. The van der Waals surface area contributed by atoms with Gasteiger partial charge in [-0.05, 0) is 52.9 Å². The molecule has 2 N–H and O–H groups in total. The van der Waals surface area contributed by atoms with Crippen molar-refractivity contribution in [2.75, 3.05) is 13.7 Å². The van der Waals surface area contributed by atoms with Crippen LogP contribution < -0.4 is 14.8 Å². The number of benzene rings is 3. The Kier molecular flexibility index (Phi) is 5.55. The first kappa shape index (κ1) is 18.8. The maximum atomic E-state index is 9.81. The first-order chi connectivity index (χ1) is 13.7. The molecule has 3 aromatic rings. The van der Waals surface area contributed by atoms with E-state index < -0.39 is 0 Å². The predicted octanol–water partition coefficient (Wildman–Crippen LogP) is 4.98. The van der Waals surface area contributed by atoms with E-state index in [9.17, 15) is 5.11 Å². The lowest BCUT2D eigenvalue weighted by Crippen LogP contribution is -2.30. The summed E-state index contributed by atoms with van der Waals surface area (Å²) in [6.07, 6.45) is 0.896. The molecule has 3 aromatic carbocycles. The average molecular weight is 440 g/mol. The van der Waals surface area contributed by atoms with E-state index in [1.165, 1.54) is 11.1 Å². The summed E-state index contributed by atoms with van der Waals surface area (Å²) in [5.74, 6) is 1.70. The molecule has 4 nitrogen and oxygen atoms in total. The maximum Gasteiger partial charge on any atom is 0.162 e. The van der Waals surface area contributed by atoms with Crippen LogP contribution in [-0.2, 0) is 13.0 Å². The minimum Gasteiger partial charge on any atom is -0.508 e. The number of ether oxygens (including phenoxy) is 2. The van der Waals surface area contributed by atoms with Crippen molar-refractivity contribution in [3.05, 3.63) is 87.4 Å². The van der Waals surface area contributed by atoms with Crippen LogP contribution in [-0.4, -0.2) is 18.8 Å². The van der Waals surface area contributed by atoms with E-state index in [1.54, 1.807) is 13.2 Å². The largest absolute Gasteiger partial charge is 0.508 e. The molecule has 1 unspecified atom stereocenters. The Bertz CT molecular complexity index is 975. The molecule has 0 bridgehead atoms. The molecule has 28 heavy (non-hydrogen) atoms. The summed E-state index contributed by atoms with van der Waals surface area (Å²) in [7, 11) is 1.66. The summed E-state index contributed by atoms with van der Waals surface area (Å²) in [6, 6.07) is 19.6. The molecule has 4 rings (SSSR count). The van der Waals surface area contributed by atoms with Gasteiger partial charge in [-0.2, -0.15) is 0 Å². The van der Waals surface area contributed by atoms with Crippen molar-refractivity contribution in [1.29, 1.82) is 0 Å². The number of aromatic hydroxyl groups is 1. The zero-order chi connectivity index (χ0) is 19.5. The Labute approximate surface area is 173 Å². The molecule has 5 heteroatoms. The second-order valence-corrected chi connectivity index (χ2v) is 7.67. The molecule has 0 saturated heterocycles. The molecule has 0 amide bonds. The molecule has 0 saturated carbocycles. The van der Waals surface area contributed by atoms with Crippen LogP contribution >= 0.6 is 15.9 Å². The summed E-state index contributed by atoms with van der Waals surface area (Å²) in [4.78, 5) is 0. The van der Waals surface area contributed by atoms with Crippen LogP contribution in [0.5, 0.6) is 17.2 Å². The number of nitrogens with one attached hydrogen (secondary N) is 1. The third-order valence-electron chi connectivity index (χ3n) is 5.01. The maximum absolute atomic E-state index is 9.81. The van der Waals surface area contributed by atoms with Gasteiger partial charge in [0.15, 0.2) is 11.5 Å². The van der Waals surface area contributed by atoms with Gasteiger partial charge in [-0.3, -0.25) is 0 Å². The Hall–Kier alpha value is -2.50. The highest BCUT2D eigenvalue weighted by atomic mass is 79.9. The van der Waals surface area contributed by atoms with Crippen molar-refractivity contribution in [1.82, 2.24) is 5.32 Å². The van der Waals surface area contributed by atoms with Gasteiger partial charge in [-0.25, -0.2) is 0 Å². The minimum atomic E-state index is 0.0239. The topological polar surface area (TPSA) is 50.7 Å². The SMILES string of the molecule is COc1cc(C2NCCc3cc(O)ccc32)c(Br)cc1OCc1ccccc1. The van der Waals surface area contributed by atoms with Crippen LogP contribution in [0.4, 0.5) is 0 Å². The van der Waals surface area contributed by atoms with E-state index in [1.807, 2.05) is 54.6 Å². The van der Waals surface area contributed by atoms with Gasteiger partial charge >= 0.3 is 0 Å². The van der Waals surface area contributed by atoms with Gasteiger partial charge in [0.1, 0.15) is 12.4 Å². The lowest BCUT2D eigenvalue weighted by atomic mass is 9.89. The van der Waals surface area contributed by atoms with Gasteiger partial charge in [0.25, 0.3) is 0 Å². The molecule has 0 aromatic heterocycles. The monoisotopic (exact) mass is 439 g/mol. The molecule has 1 aliphatic rings. The van der Waals surface area contributed by atoms with Crippen molar-refractivity contribution >= 4 is 15.9 Å². The molecule has 1 atom stereocenters. The fourth-order valence-electron chi connectivity index (χ4n) is 3.61. The Balaban J connectivity index is 1.65. The van der Waals surface area contributed by atoms with Gasteiger partial charge < -0.3 is 19.9 Å². The van der Waals surface area contributed by atoms with Crippen molar-refractivity contribution in [3.63, 3.8) is 0 Å². The molecular formula is C23H22BrNO3. The van der Waals surface area contributed by atoms with Gasteiger partial charge in [0.2, 0.25) is 0 Å². The summed E-state index contributed by atoms with van der Waals surface area (Å²) >= 11 is 3.71. The second kappa shape index (κ2) is 8.25. The van der Waals surface area contributed by atoms with E-state index in [2.05, 4.69) is 21.2 Å². The van der Waals surface area contributed by atoms with Crippen LogP contribution in [0.25, 0.3) is 0 Å². The molecule has 0 fully saturated rings. The second-order valence-electron chi connectivity index (χ2n) is 6.82. The summed E-state index contributed by atoms with van der Waals surface area (Å²) in [5.41, 5.74) is 4.52. The Morgan fingerprint density at radius 2 is 1.86 bits per heavy atom. The highest BCUT2D eigenvalue weighted by Crippen LogP contribution is 2.40. The summed E-state index contributed by atoms with van der Waals surface area (Å²) in [6.45, 7) is 1.33. The van der Waals surface area contributed by atoms with Crippen LogP contribution in [0.3, 0.4) is 0 Å². The smallest absolute Gasteiger partial charge is 0.162 e. The van der Waals surface area contributed by atoms with Crippen LogP contribution in [0, 0.1) is 0 Å². The molecule has 1 heterocycles. The van der Waals surface area contributed by atoms with Crippen molar-refractivity contribution < 1.29 is 14.6 Å². The lowest BCUT2D eigenvalue weighted by molar-refractivity contribution is 0.284. The zero-order valence-corrected chi connectivity index (χ0v) is 17.2. The number of halogens is 1. The number of phenols is 1. The number of methoxy groups -OCH3 is 1. The fourth-order valence-corrected chi connectivity index (χ4v) is 4.16. The number of fused-ring (bicyclic) bond motifs is 1. The van der Waals surface area contributed by atoms with Gasteiger partial charge in [-0.15, -0.1) is 0 Å². The van der Waals surface area contributed by atoms with Gasteiger partial charge in [0, 0.05) is 11.0 Å². The highest BCUT2D eigenvalue weighted by molar-refractivity contribution is 9.10. The number of hydrogen-bond acceptors (Lipinski definition) is 4. The van der Waals surface area contributed by atoms with E-state index in [0.717, 1.165) is 28.6 Å². The number of rotatable bonds is 5. The Morgan fingerprint density at radius 3 is 2.64 bits per heavy atom. The fraction of sp³-hybridized carbons (Fsp3) is 0.217. The lowest BCUT2D eigenvalue weighted by Gasteiger charge is -2.29. The van der Waals surface area contributed by atoms with Gasteiger partial charge in [0.05, 0.1) is 13.2 Å². The van der Waals surface area contributed by atoms with E-state index in [4.69, 9.17) is 9.47 Å². The predicted molar refractivity (Wildman–Crippen MR) is 113 cm³/mol. The molecule has 1 aliphatic heterocycles. The highest BCUT2D eigenvalue weighted by Gasteiger charge is 2.25. The number of hydrogen-bond donors (Lipinski definition) is 2. The third kappa shape index (κ3) is 3.86. The van der Waals surface area contributed by atoms with E-state index in [-0.39, 0.29) is 6.04 Å². The minimum absolute atomic E-state index is 0.0239. The quantitative estimate of drug-likeness (QED) is 0.588. The first-order valence-electron chi connectivity index (χ1n) is 9.25. The molecular weight excluding hydrogens is 418 g/mol. The first-order valence-corrected chi connectivity index (χ1v) is 10.0. The van der Waals surface area contributed by atoms with Crippen molar-refractivity contribution in [2.45, 2.75) is 19.1 Å². The van der Waals surface area contributed by atoms with Crippen LogP contribution in [0.15, 0.2) is 65.1 Å². The normalized spacial score (nSPS) is 15.7.